The fraction of sp³-hybridized carbons (Fsp3) is 0.667. The SMILES string of the molecule is COC(=O)[C@@H](S)[C@@H](S)C(=O)OC. The van der Waals surface area contributed by atoms with Crippen LogP contribution in [-0.2, 0) is 19.1 Å². The first-order chi connectivity index (χ1) is 5.54. The Balaban J connectivity index is 4.18. The maximum Gasteiger partial charge on any atom is 0.320 e. The van der Waals surface area contributed by atoms with Crippen molar-refractivity contribution in [2.75, 3.05) is 14.2 Å². The van der Waals surface area contributed by atoms with E-state index in [9.17, 15) is 9.59 Å². The first-order valence-electron chi connectivity index (χ1n) is 3.06. The van der Waals surface area contributed by atoms with Crippen molar-refractivity contribution in [3.05, 3.63) is 0 Å². The third-order valence-electron chi connectivity index (χ3n) is 1.18. The third-order valence-corrected chi connectivity index (χ3v) is 2.44. The lowest BCUT2D eigenvalue weighted by molar-refractivity contribution is -0.145. The molecule has 4 nitrogen and oxygen atoms in total. The topological polar surface area (TPSA) is 52.6 Å². The van der Waals surface area contributed by atoms with E-state index >= 15 is 0 Å². The van der Waals surface area contributed by atoms with Gasteiger partial charge < -0.3 is 9.47 Å². The first-order valence-corrected chi connectivity index (χ1v) is 4.09. The summed E-state index contributed by atoms with van der Waals surface area (Å²) in [7, 11) is 2.42. The van der Waals surface area contributed by atoms with E-state index in [2.05, 4.69) is 34.7 Å². The van der Waals surface area contributed by atoms with Crippen molar-refractivity contribution in [2.45, 2.75) is 10.5 Å². The molecular formula is C6H10O4S2. The lowest BCUT2D eigenvalue weighted by Gasteiger charge is -2.13. The van der Waals surface area contributed by atoms with Crippen LogP contribution in [0.1, 0.15) is 0 Å². The fourth-order valence-electron chi connectivity index (χ4n) is 0.499. The maximum absolute atomic E-state index is 10.8. The van der Waals surface area contributed by atoms with Crippen molar-refractivity contribution >= 4 is 37.2 Å². The van der Waals surface area contributed by atoms with Gasteiger partial charge in [-0.3, -0.25) is 9.59 Å². The molecule has 6 heteroatoms. The average molecular weight is 210 g/mol. The number of ether oxygens (including phenoxy) is 2. The Morgan fingerprint density at radius 2 is 1.25 bits per heavy atom. The van der Waals surface area contributed by atoms with Gasteiger partial charge in [0.25, 0.3) is 0 Å². The first kappa shape index (κ1) is 11.6. The van der Waals surface area contributed by atoms with Crippen LogP contribution in [0.15, 0.2) is 0 Å². The summed E-state index contributed by atoms with van der Waals surface area (Å²) in [5.41, 5.74) is 0. The van der Waals surface area contributed by atoms with Gasteiger partial charge in [0.1, 0.15) is 10.5 Å². The zero-order valence-electron chi connectivity index (χ0n) is 6.68. The highest BCUT2D eigenvalue weighted by atomic mass is 32.1. The average Bonchev–Trinajstić information content (AvgIpc) is 2.12. The predicted molar refractivity (Wildman–Crippen MR) is 49.6 cm³/mol. The highest BCUT2D eigenvalue weighted by molar-refractivity contribution is 7.86. The standard InChI is InChI=1S/C6H10O4S2/c1-9-5(7)3(11)4(12)6(8)10-2/h3-4,11-12H,1-2H3/t3-,4+. The van der Waals surface area contributed by atoms with Crippen molar-refractivity contribution in [1.29, 1.82) is 0 Å². The third kappa shape index (κ3) is 2.94. The molecule has 70 valence electrons. The molecule has 0 aromatic carbocycles. The lowest BCUT2D eigenvalue weighted by Crippen LogP contribution is -2.33. The molecule has 0 amide bonds. The molecule has 0 aromatic rings. The van der Waals surface area contributed by atoms with Crippen LogP contribution < -0.4 is 0 Å². The molecule has 2 atom stereocenters. The second-order valence-corrected chi connectivity index (χ2v) is 3.05. The molecule has 0 fully saturated rings. The Morgan fingerprint density at radius 3 is 1.42 bits per heavy atom. The summed E-state index contributed by atoms with van der Waals surface area (Å²) in [4.78, 5) is 21.6. The van der Waals surface area contributed by atoms with Crippen LogP contribution in [0.5, 0.6) is 0 Å². The molecule has 0 saturated carbocycles. The van der Waals surface area contributed by atoms with E-state index in [-0.39, 0.29) is 0 Å². The highest BCUT2D eigenvalue weighted by Gasteiger charge is 2.29. The molecule has 0 N–H and O–H groups in total. The minimum absolute atomic E-state index is 0.608. The Hall–Kier alpha value is -0.360. The van der Waals surface area contributed by atoms with Crippen LogP contribution in [0.3, 0.4) is 0 Å². The van der Waals surface area contributed by atoms with Gasteiger partial charge >= 0.3 is 11.9 Å². The van der Waals surface area contributed by atoms with Gasteiger partial charge in [0.2, 0.25) is 0 Å². The van der Waals surface area contributed by atoms with Crippen molar-refractivity contribution in [3.63, 3.8) is 0 Å². The quantitative estimate of drug-likeness (QED) is 0.506. The number of methoxy groups -OCH3 is 2. The number of rotatable bonds is 3. The zero-order chi connectivity index (χ0) is 9.72. The monoisotopic (exact) mass is 210 g/mol. The number of hydrogen-bond donors (Lipinski definition) is 2. The maximum atomic E-state index is 10.8. The smallest absolute Gasteiger partial charge is 0.320 e. The van der Waals surface area contributed by atoms with Gasteiger partial charge in [-0.1, -0.05) is 0 Å². The molecule has 0 aliphatic carbocycles. The molecule has 0 unspecified atom stereocenters. The summed E-state index contributed by atoms with van der Waals surface area (Å²) >= 11 is 7.68. The molecule has 0 heterocycles. The van der Waals surface area contributed by atoms with E-state index in [1.165, 1.54) is 14.2 Å². The summed E-state index contributed by atoms with van der Waals surface area (Å²) in [6.45, 7) is 0. The zero-order valence-corrected chi connectivity index (χ0v) is 8.47. The van der Waals surface area contributed by atoms with Crippen molar-refractivity contribution < 1.29 is 19.1 Å². The summed E-state index contributed by atoms with van der Waals surface area (Å²) in [5.74, 6) is -1.22. The second kappa shape index (κ2) is 5.31. The molecule has 0 radical (unpaired) electrons. The van der Waals surface area contributed by atoms with Crippen LogP contribution in [0.25, 0.3) is 0 Å². The van der Waals surface area contributed by atoms with Gasteiger partial charge in [0, 0.05) is 0 Å². The van der Waals surface area contributed by atoms with Crippen LogP contribution >= 0.6 is 25.3 Å². The van der Waals surface area contributed by atoms with E-state index in [1.54, 1.807) is 0 Å². The molecule has 0 aromatic heterocycles. The Bertz CT molecular complexity index is 162. The van der Waals surface area contributed by atoms with Gasteiger partial charge in [-0.25, -0.2) is 0 Å². The minimum atomic E-state index is -0.897. The minimum Gasteiger partial charge on any atom is -0.468 e. The molecule has 0 aliphatic heterocycles. The molecule has 0 aliphatic rings. The Kier molecular flexibility index (Phi) is 5.16. The van der Waals surface area contributed by atoms with E-state index in [0.29, 0.717) is 0 Å². The second-order valence-electron chi connectivity index (χ2n) is 1.94. The van der Waals surface area contributed by atoms with Crippen molar-refractivity contribution in [2.24, 2.45) is 0 Å². The summed E-state index contributed by atoms with van der Waals surface area (Å²) in [6, 6.07) is 0. The summed E-state index contributed by atoms with van der Waals surface area (Å²) in [6.07, 6.45) is 0. The molecule has 0 rings (SSSR count). The van der Waals surface area contributed by atoms with Gasteiger partial charge in [-0.05, 0) is 0 Å². The summed E-state index contributed by atoms with van der Waals surface area (Å²) < 4.78 is 8.71. The van der Waals surface area contributed by atoms with E-state index in [4.69, 9.17) is 0 Å². The van der Waals surface area contributed by atoms with Crippen LogP contribution in [-0.4, -0.2) is 36.7 Å². The molecule has 0 saturated heterocycles. The number of thiol groups is 2. The van der Waals surface area contributed by atoms with Crippen LogP contribution in [0.2, 0.25) is 0 Å². The van der Waals surface area contributed by atoms with E-state index in [1.807, 2.05) is 0 Å². The Labute approximate surface area is 81.4 Å². The van der Waals surface area contributed by atoms with Gasteiger partial charge in [-0.15, -0.1) is 0 Å². The molecule has 12 heavy (non-hydrogen) atoms. The molecule has 0 bridgehead atoms. The van der Waals surface area contributed by atoms with E-state index < -0.39 is 22.4 Å². The van der Waals surface area contributed by atoms with Crippen LogP contribution in [0.4, 0.5) is 0 Å². The lowest BCUT2D eigenvalue weighted by atomic mass is 10.3. The number of hydrogen-bond acceptors (Lipinski definition) is 6. The largest absolute Gasteiger partial charge is 0.468 e. The van der Waals surface area contributed by atoms with Crippen LogP contribution in [0, 0.1) is 0 Å². The van der Waals surface area contributed by atoms with Gasteiger partial charge in [0.05, 0.1) is 14.2 Å². The number of esters is 2. The Morgan fingerprint density at radius 1 is 1.00 bits per heavy atom. The van der Waals surface area contributed by atoms with E-state index in [0.717, 1.165) is 0 Å². The predicted octanol–water partition coefficient (Wildman–Crippen LogP) is -0.0708. The normalized spacial score (nSPS) is 14.7. The van der Waals surface area contributed by atoms with Gasteiger partial charge in [0.15, 0.2) is 0 Å². The fourth-order valence-corrected chi connectivity index (χ4v) is 0.954. The number of carbonyl (C=O) groups excluding carboxylic acids is 2. The molecule has 0 spiro atoms. The highest BCUT2D eigenvalue weighted by Crippen LogP contribution is 2.11. The van der Waals surface area contributed by atoms with Gasteiger partial charge in [-0.2, -0.15) is 25.3 Å². The molecular weight excluding hydrogens is 200 g/mol. The number of carbonyl (C=O) groups is 2. The van der Waals surface area contributed by atoms with Crippen molar-refractivity contribution in [1.82, 2.24) is 0 Å². The summed E-state index contributed by atoms with van der Waals surface area (Å²) in [5, 5.41) is -1.79. The van der Waals surface area contributed by atoms with Crippen molar-refractivity contribution in [3.8, 4) is 0 Å².